The van der Waals surface area contributed by atoms with E-state index in [9.17, 15) is 4.79 Å². The molecule has 0 aliphatic carbocycles. The summed E-state index contributed by atoms with van der Waals surface area (Å²) >= 11 is 1.23. The number of anilines is 1. The van der Waals surface area contributed by atoms with E-state index < -0.39 is 0 Å². The van der Waals surface area contributed by atoms with E-state index in [2.05, 4.69) is 11.1 Å². The highest BCUT2D eigenvalue weighted by Crippen LogP contribution is 2.13. The molecule has 1 aromatic rings. The van der Waals surface area contributed by atoms with Crippen molar-refractivity contribution in [3.05, 3.63) is 11.1 Å². The Bertz CT molecular complexity index is 395. The number of carbonyl (C=O) groups is 1. The Kier molecular flexibility index (Phi) is 3.63. The minimum Gasteiger partial charge on any atom is -0.375 e. The zero-order valence-electron chi connectivity index (χ0n) is 8.60. The van der Waals surface area contributed by atoms with E-state index in [4.69, 9.17) is 11.0 Å². The van der Waals surface area contributed by atoms with Gasteiger partial charge in [-0.25, -0.2) is 4.98 Å². The third-order valence-corrected chi connectivity index (χ3v) is 2.53. The molecule has 1 aromatic heterocycles. The molecule has 1 unspecified atom stereocenters. The van der Waals surface area contributed by atoms with Crippen LogP contribution in [-0.2, 0) is 0 Å². The quantitative estimate of drug-likeness (QED) is 0.828. The van der Waals surface area contributed by atoms with Gasteiger partial charge in [-0.15, -0.1) is 11.3 Å². The number of nitrogens with two attached hydrogens (primary N) is 1. The third kappa shape index (κ3) is 2.92. The maximum atomic E-state index is 11.7. The fourth-order valence-electron chi connectivity index (χ4n) is 1.12. The zero-order chi connectivity index (χ0) is 11.4. The molecule has 1 rings (SSSR count). The first kappa shape index (κ1) is 11.5. The Morgan fingerprint density at radius 2 is 2.53 bits per heavy atom. The lowest BCUT2D eigenvalue weighted by atomic mass is 10.2. The number of hydrogen-bond acceptors (Lipinski definition) is 5. The van der Waals surface area contributed by atoms with Gasteiger partial charge in [0.1, 0.15) is 5.69 Å². The van der Waals surface area contributed by atoms with E-state index >= 15 is 0 Å². The topological polar surface area (TPSA) is 83.0 Å². The number of hydrogen-bond donors (Lipinski definition) is 1. The van der Waals surface area contributed by atoms with Crippen LogP contribution >= 0.6 is 11.3 Å². The summed E-state index contributed by atoms with van der Waals surface area (Å²) in [6, 6.07) is 2.07. The largest absolute Gasteiger partial charge is 0.375 e. The summed E-state index contributed by atoms with van der Waals surface area (Å²) in [6.45, 7) is 2.16. The Labute approximate surface area is 92.1 Å². The minimum absolute atomic E-state index is 0.185. The van der Waals surface area contributed by atoms with Crippen LogP contribution in [0.25, 0.3) is 0 Å². The highest BCUT2D eigenvalue weighted by Gasteiger charge is 2.16. The monoisotopic (exact) mass is 224 g/mol. The van der Waals surface area contributed by atoms with Gasteiger partial charge in [0, 0.05) is 19.0 Å². The maximum absolute atomic E-state index is 11.7. The predicted molar refractivity (Wildman–Crippen MR) is 58.3 cm³/mol. The fourth-order valence-corrected chi connectivity index (χ4v) is 1.65. The number of nitrogens with zero attached hydrogens (tertiary/aromatic N) is 3. The summed E-state index contributed by atoms with van der Waals surface area (Å²) in [7, 11) is 1.64. The van der Waals surface area contributed by atoms with Crippen molar-refractivity contribution >= 4 is 22.4 Å². The lowest BCUT2D eigenvalue weighted by Gasteiger charge is -2.16. The van der Waals surface area contributed by atoms with Gasteiger partial charge in [-0.05, 0) is 6.92 Å². The molecule has 6 heteroatoms. The molecule has 0 saturated carbocycles. The molecule has 5 nitrogen and oxygen atoms in total. The Balaban J connectivity index is 2.65. The minimum atomic E-state index is -0.204. The van der Waals surface area contributed by atoms with E-state index in [0.717, 1.165) is 0 Å². The van der Waals surface area contributed by atoms with Crippen LogP contribution in [-0.4, -0.2) is 29.4 Å². The van der Waals surface area contributed by atoms with Crippen LogP contribution in [0.4, 0.5) is 5.13 Å². The average Bonchev–Trinajstić information content (AvgIpc) is 2.63. The molecule has 0 radical (unpaired) electrons. The first-order valence-corrected chi connectivity index (χ1v) is 5.28. The third-order valence-electron chi connectivity index (χ3n) is 1.86. The first-order valence-electron chi connectivity index (χ1n) is 4.40. The van der Waals surface area contributed by atoms with Crippen molar-refractivity contribution in [1.82, 2.24) is 9.88 Å². The highest BCUT2D eigenvalue weighted by atomic mass is 32.1. The van der Waals surface area contributed by atoms with Crippen LogP contribution in [0.3, 0.4) is 0 Å². The molecule has 0 aliphatic heterocycles. The molecular weight excluding hydrogens is 212 g/mol. The van der Waals surface area contributed by atoms with Gasteiger partial charge in [-0.2, -0.15) is 5.26 Å². The molecule has 1 heterocycles. The lowest BCUT2D eigenvalue weighted by molar-refractivity contribution is 0.0780. The van der Waals surface area contributed by atoms with Gasteiger partial charge in [0.2, 0.25) is 0 Å². The van der Waals surface area contributed by atoms with Gasteiger partial charge < -0.3 is 10.6 Å². The Morgan fingerprint density at radius 1 is 1.87 bits per heavy atom. The van der Waals surface area contributed by atoms with Crippen molar-refractivity contribution in [2.75, 3.05) is 19.3 Å². The summed E-state index contributed by atoms with van der Waals surface area (Å²) in [5, 5.41) is 10.6. The summed E-state index contributed by atoms with van der Waals surface area (Å²) in [5.74, 6) is -0.389. The smallest absolute Gasteiger partial charge is 0.273 e. The molecule has 80 valence electrons. The molecule has 0 bridgehead atoms. The van der Waals surface area contributed by atoms with Gasteiger partial charge in [0.05, 0.1) is 12.0 Å². The van der Waals surface area contributed by atoms with Crippen LogP contribution in [0.2, 0.25) is 0 Å². The van der Waals surface area contributed by atoms with Crippen LogP contribution in [0.1, 0.15) is 17.4 Å². The number of aromatic nitrogens is 1. The van der Waals surface area contributed by atoms with E-state index in [1.807, 2.05) is 0 Å². The molecule has 1 amide bonds. The van der Waals surface area contributed by atoms with E-state index in [1.165, 1.54) is 16.2 Å². The van der Waals surface area contributed by atoms with Crippen molar-refractivity contribution in [3.8, 4) is 6.07 Å². The van der Waals surface area contributed by atoms with E-state index in [-0.39, 0.29) is 11.8 Å². The molecule has 0 fully saturated rings. The second-order valence-corrected chi connectivity index (χ2v) is 4.18. The second kappa shape index (κ2) is 4.75. The van der Waals surface area contributed by atoms with Gasteiger partial charge in [-0.1, -0.05) is 0 Å². The average molecular weight is 224 g/mol. The van der Waals surface area contributed by atoms with E-state index in [1.54, 1.807) is 19.4 Å². The summed E-state index contributed by atoms with van der Waals surface area (Å²) in [5.41, 5.74) is 5.77. The predicted octanol–water partition coefficient (Wildman–Crippen LogP) is 0.957. The molecule has 1 atom stereocenters. The number of carbonyl (C=O) groups excluding carboxylic acids is 1. The number of thiazole rings is 1. The Morgan fingerprint density at radius 3 is 3.00 bits per heavy atom. The number of amides is 1. The van der Waals surface area contributed by atoms with E-state index in [0.29, 0.717) is 17.4 Å². The molecule has 2 N–H and O–H groups in total. The first-order chi connectivity index (χ1) is 7.04. The number of nitriles is 1. The SMILES string of the molecule is CC(C#N)CN(C)C(=O)c1csc(N)n1. The van der Waals surface area contributed by atoms with Crippen LogP contribution < -0.4 is 5.73 Å². The number of rotatable bonds is 3. The summed E-state index contributed by atoms with van der Waals surface area (Å²) in [4.78, 5) is 17.1. The highest BCUT2D eigenvalue weighted by molar-refractivity contribution is 7.13. The van der Waals surface area contributed by atoms with Crippen molar-refractivity contribution in [1.29, 1.82) is 5.26 Å². The van der Waals surface area contributed by atoms with Crippen molar-refractivity contribution in [2.45, 2.75) is 6.92 Å². The fraction of sp³-hybridized carbons (Fsp3) is 0.444. The number of nitrogen functional groups attached to an aromatic ring is 1. The standard InChI is InChI=1S/C9H12N4OS/c1-6(3-10)4-13(2)8(14)7-5-15-9(11)12-7/h5-6H,4H2,1-2H3,(H2,11,12). The Hall–Kier alpha value is -1.61. The van der Waals surface area contributed by atoms with Crippen molar-refractivity contribution in [3.63, 3.8) is 0 Å². The lowest BCUT2D eigenvalue weighted by Crippen LogP contribution is -2.30. The van der Waals surface area contributed by atoms with Gasteiger partial charge in [0.15, 0.2) is 5.13 Å². The summed E-state index contributed by atoms with van der Waals surface area (Å²) in [6.07, 6.45) is 0. The van der Waals surface area contributed by atoms with Crippen molar-refractivity contribution in [2.24, 2.45) is 5.92 Å². The molecule has 0 saturated heterocycles. The maximum Gasteiger partial charge on any atom is 0.273 e. The second-order valence-electron chi connectivity index (χ2n) is 3.29. The van der Waals surface area contributed by atoms with Crippen LogP contribution in [0, 0.1) is 17.2 Å². The van der Waals surface area contributed by atoms with Gasteiger partial charge in [-0.3, -0.25) is 4.79 Å². The molecular formula is C9H12N4OS. The summed E-state index contributed by atoms with van der Waals surface area (Å²) < 4.78 is 0. The molecule has 15 heavy (non-hydrogen) atoms. The van der Waals surface area contributed by atoms with Crippen molar-refractivity contribution < 1.29 is 4.79 Å². The molecule has 0 aliphatic rings. The molecule has 0 aromatic carbocycles. The van der Waals surface area contributed by atoms with Gasteiger partial charge >= 0.3 is 0 Å². The normalized spacial score (nSPS) is 11.8. The van der Waals surface area contributed by atoms with Crippen LogP contribution in [0.5, 0.6) is 0 Å². The van der Waals surface area contributed by atoms with Gasteiger partial charge in [0.25, 0.3) is 5.91 Å². The zero-order valence-corrected chi connectivity index (χ0v) is 9.41. The molecule has 0 spiro atoms. The van der Waals surface area contributed by atoms with Crippen LogP contribution in [0.15, 0.2) is 5.38 Å².